The van der Waals surface area contributed by atoms with Crippen molar-refractivity contribution in [3.8, 4) is 0 Å². The molecule has 0 amide bonds. The Morgan fingerprint density at radius 2 is 1.62 bits per heavy atom. The smallest absolute Gasteiger partial charge is 0.158 e. The maximum atomic E-state index is 10.9. The molecule has 4 saturated carbocycles. The molecule has 0 spiro atoms. The van der Waals surface area contributed by atoms with Gasteiger partial charge < -0.3 is 14.9 Å². The third-order valence-corrected chi connectivity index (χ3v) is 6.43. The van der Waals surface area contributed by atoms with Gasteiger partial charge in [-0.3, -0.25) is 0 Å². The highest BCUT2D eigenvalue weighted by Crippen LogP contribution is 2.69. The number of hydrogen-bond donors (Lipinski definition) is 2. The fourth-order valence-electron chi connectivity index (χ4n) is 5.37. The minimum absolute atomic E-state index is 0.00249. The molecule has 0 aliphatic heterocycles. The van der Waals surface area contributed by atoms with E-state index in [-0.39, 0.29) is 11.3 Å². The van der Waals surface area contributed by atoms with Gasteiger partial charge in [0.15, 0.2) is 6.29 Å². The van der Waals surface area contributed by atoms with E-state index in [1.165, 1.54) is 0 Å². The Balaban J connectivity index is 1.75. The van der Waals surface area contributed by atoms with Crippen molar-refractivity contribution in [3.63, 3.8) is 0 Å². The van der Waals surface area contributed by atoms with Gasteiger partial charge in [0.25, 0.3) is 0 Å². The summed E-state index contributed by atoms with van der Waals surface area (Å²) in [5, 5.41) is 21.7. The third-order valence-electron chi connectivity index (χ3n) is 6.43. The zero-order valence-corrected chi connectivity index (χ0v) is 14.2. The van der Waals surface area contributed by atoms with Crippen LogP contribution in [0.4, 0.5) is 0 Å². The van der Waals surface area contributed by atoms with Crippen LogP contribution >= 0.6 is 0 Å². The van der Waals surface area contributed by atoms with Gasteiger partial charge in [0.2, 0.25) is 0 Å². The van der Waals surface area contributed by atoms with Crippen LogP contribution in [0.1, 0.15) is 66.7 Å². The Bertz CT molecular complexity index is 395. The molecule has 4 unspecified atom stereocenters. The largest absolute Gasteiger partial charge is 0.387 e. The van der Waals surface area contributed by atoms with Crippen LogP contribution in [0.5, 0.6) is 0 Å². The van der Waals surface area contributed by atoms with E-state index in [4.69, 9.17) is 4.74 Å². The summed E-state index contributed by atoms with van der Waals surface area (Å²) in [6.07, 6.45) is 3.85. The van der Waals surface area contributed by atoms with Crippen LogP contribution in [-0.4, -0.2) is 27.7 Å². The van der Waals surface area contributed by atoms with Gasteiger partial charge >= 0.3 is 0 Å². The molecule has 122 valence electrons. The number of aliphatic hydroxyl groups excluding tert-OH is 1. The Morgan fingerprint density at radius 3 is 1.95 bits per heavy atom. The summed E-state index contributed by atoms with van der Waals surface area (Å²) in [7, 11) is 0. The minimum Gasteiger partial charge on any atom is -0.387 e. The first-order valence-corrected chi connectivity index (χ1v) is 8.65. The fraction of sp³-hybridized carbons (Fsp3) is 1.00. The highest BCUT2D eigenvalue weighted by molar-refractivity contribution is 5.23. The lowest BCUT2D eigenvalue weighted by Crippen LogP contribution is -2.51. The van der Waals surface area contributed by atoms with Gasteiger partial charge in [-0.2, -0.15) is 0 Å². The Kier molecular flexibility index (Phi) is 3.52. The van der Waals surface area contributed by atoms with E-state index >= 15 is 0 Å². The van der Waals surface area contributed by atoms with Gasteiger partial charge in [-0.1, -0.05) is 34.6 Å². The van der Waals surface area contributed by atoms with Crippen LogP contribution in [0.15, 0.2) is 0 Å². The number of ether oxygens (including phenoxy) is 1. The SMILES string of the molecule is CC(C)CC(C(O)OC12CC3CC1(O)CC3C2)C(C)(C)C. The summed E-state index contributed by atoms with van der Waals surface area (Å²) >= 11 is 0. The second-order valence-corrected chi connectivity index (χ2v) is 9.47. The zero-order chi connectivity index (χ0) is 15.6. The average molecular weight is 296 g/mol. The molecular weight excluding hydrogens is 264 g/mol. The molecule has 21 heavy (non-hydrogen) atoms. The van der Waals surface area contributed by atoms with Crippen molar-refractivity contribution in [2.45, 2.75) is 84.2 Å². The summed E-state index contributed by atoms with van der Waals surface area (Å²) in [4.78, 5) is 0. The molecule has 4 fully saturated rings. The highest BCUT2D eigenvalue weighted by Gasteiger charge is 2.73. The van der Waals surface area contributed by atoms with Crippen LogP contribution < -0.4 is 0 Å². The molecule has 0 saturated heterocycles. The maximum absolute atomic E-state index is 10.9. The fourth-order valence-corrected chi connectivity index (χ4v) is 5.37. The van der Waals surface area contributed by atoms with Crippen molar-refractivity contribution in [3.05, 3.63) is 0 Å². The molecule has 0 aromatic carbocycles. The molecule has 4 aliphatic carbocycles. The number of aliphatic hydroxyl groups is 2. The van der Waals surface area contributed by atoms with Gasteiger partial charge in [0, 0.05) is 5.92 Å². The predicted octanol–water partition coefficient (Wildman–Crippen LogP) is 3.33. The standard InChI is InChI=1S/C18H32O3/c1-11(2)6-14(16(3,4)5)15(19)21-18-9-12-7-17(18,20)8-13(12)10-18/h11-15,19-20H,6-10H2,1-5H3. The monoisotopic (exact) mass is 296 g/mol. The molecule has 4 aliphatic rings. The first-order chi connectivity index (χ1) is 9.56. The number of rotatable bonds is 5. The first kappa shape index (κ1) is 15.8. The molecule has 0 radical (unpaired) electrons. The van der Waals surface area contributed by atoms with Crippen molar-refractivity contribution < 1.29 is 14.9 Å². The highest BCUT2D eigenvalue weighted by atomic mass is 16.6. The molecular formula is C18H32O3. The normalized spacial score (nSPS) is 44.0. The molecule has 4 bridgehead atoms. The lowest BCUT2D eigenvalue weighted by Gasteiger charge is -2.43. The predicted molar refractivity (Wildman–Crippen MR) is 82.6 cm³/mol. The van der Waals surface area contributed by atoms with Crippen molar-refractivity contribution in [2.24, 2.45) is 29.1 Å². The summed E-state index contributed by atoms with van der Waals surface area (Å²) in [5.41, 5.74) is -1.12. The van der Waals surface area contributed by atoms with Crippen LogP contribution in [0.2, 0.25) is 0 Å². The molecule has 0 aromatic heterocycles. The van der Waals surface area contributed by atoms with Crippen molar-refractivity contribution >= 4 is 0 Å². The van der Waals surface area contributed by atoms with Crippen LogP contribution in [-0.2, 0) is 4.74 Å². The lowest BCUT2D eigenvalue weighted by molar-refractivity contribution is -0.259. The molecule has 0 aromatic rings. The van der Waals surface area contributed by atoms with Crippen molar-refractivity contribution in [2.75, 3.05) is 0 Å². The summed E-state index contributed by atoms with van der Waals surface area (Å²) in [6.45, 7) is 10.9. The molecule has 4 atom stereocenters. The average Bonchev–Trinajstić information content (AvgIpc) is 2.91. The van der Waals surface area contributed by atoms with Gasteiger partial charge in [-0.05, 0) is 55.3 Å². The zero-order valence-electron chi connectivity index (χ0n) is 14.2. The second kappa shape index (κ2) is 4.69. The van der Waals surface area contributed by atoms with E-state index < -0.39 is 17.5 Å². The van der Waals surface area contributed by atoms with E-state index in [0.29, 0.717) is 17.8 Å². The summed E-state index contributed by atoms with van der Waals surface area (Å²) in [6, 6.07) is 0. The molecule has 4 rings (SSSR count). The first-order valence-electron chi connectivity index (χ1n) is 8.65. The van der Waals surface area contributed by atoms with Crippen molar-refractivity contribution in [1.29, 1.82) is 0 Å². The van der Waals surface area contributed by atoms with Gasteiger partial charge in [0.1, 0.15) is 5.60 Å². The molecule has 3 heteroatoms. The topological polar surface area (TPSA) is 49.7 Å². The summed E-state index contributed by atoms with van der Waals surface area (Å²) in [5.74, 6) is 1.88. The van der Waals surface area contributed by atoms with E-state index in [0.717, 1.165) is 32.1 Å². The van der Waals surface area contributed by atoms with E-state index in [9.17, 15) is 10.2 Å². The van der Waals surface area contributed by atoms with Crippen LogP contribution in [0.3, 0.4) is 0 Å². The molecule has 2 N–H and O–H groups in total. The van der Waals surface area contributed by atoms with Gasteiger partial charge in [0.05, 0.1) is 5.60 Å². The van der Waals surface area contributed by atoms with Crippen LogP contribution in [0.25, 0.3) is 0 Å². The quantitative estimate of drug-likeness (QED) is 0.765. The third kappa shape index (κ3) is 2.36. The van der Waals surface area contributed by atoms with Gasteiger partial charge in [-0.15, -0.1) is 0 Å². The lowest BCUT2D eigenvalue weighted by atomic mass is 9.75. The van der Waals surface area contributed by atoms with Crippen LogP contribution in [0, 0.1) is 29.1 Å². The Morgan fingerprint density at radius 1 is 1.10 bits per heavy atom. The minimum atomic E-state index is -0.769. The van der Waals surface area contributed by atoms with E-state index in [1.807, 2.05) is 0 Å². The Labute approximate surface area is 129 Å². The van der Waals surface area contributed by atoms with Gasteiger partial charge in [-0.25, -0.2) is 0 Å². The maximum Gasteiger partial charge on any atom is 0.158 e. The molecule has 0 heterocycles. The van der Waals surface area contributed by atoms with E-state index in [2.05, 4.69) is 34.6 Å². The Hall–Kier alpha value is -0.120. The summed E-state index contributed by atoms with van der Waals surface area (Å²) < 4.78 is 6.24. The second-order valence-electron chi connectivity index (χ2n) is 9.47. The number of hydrogen-bond acceptors (Lipinski definition) is 3. The van der Waals surface area contributed by atoms with Crippen molar-refractivity contribution in [1.82, 2.24) is 0 Å². The molecule has 3 nitrogen and oxygen atoms in total. The van der Waals surface area contributed by atoms with E-state index in [1.54, 1.807) is 0 Å².